The fourth-order valence-electron chi connectivity index (χ4n) is 3.52. The van der Waals surface area contributed by atoms with Crippen LogP contribution in [-0.4, -0.2) is 35.0 Å². The summed E-state index contributed by atoms with van der Waals surface area (Å²) in [6, 6.07) is 16.1. The van der Waals surface area contributed by atoms with Gasteiger partial charge in [0.2, 0.25) is 0 Å². The first kappa shape index (κ1) is 21.0. The average molecular weight is 425 g/mol. The second kappa shape index (κ2) is 9.71. The molecule has 2 aromatic carbocycles. The zero-order valence-corrected chi connectivity index (χ0v) is 17.8. The summed E-state index contributed by atoms with van der Waals surface area (Å²) in [7, 11) is 0. The molecule has 1 N–H and O–H groups in total. The van der Waals surface area contributed by atoms with Crippen LogP contribution in [0.4, 0.5) is 0 Å². The molecule has 0 saturated heterocycles. The Labute approximate surface area is 185 Å². The summed E-state index contributed by atoms with van der Waals surface area (Å²) >= 11 is 0. The van der Waals surface area contributed by atoms with Crippen molar-refractivity contribution in [1.82, 2.24) is 35.0 Å². The zero-order valence-electron chi connectivity index (χ0n) is 17.8. The summed E-state index contributed by atoms with van der Waals surface area (Å²) in [5.41, 5.74) is 3.84. The van der Waals surface area contributed by atoms with Crippen molar-refractivity contribution in [2.75, 3.05) is 0 Å². The minimum Gasteiger partial charge on any atom is -0.274 e. The van der Waals surface area contributed by atoms with E-state index >= 15 is 0 Å². The minimum atomic E-state index is -0.146. The lowest BCUT2D eigenvalue weighted by Gasteiger charge is -2.09. The van der Waals surface area contributed by atoms with Gasteiger partial charge in [0.15, 0.2) is 5.82 Å². The molecule has 0 bridgehead atoms. The summed E-state index contributed by atoms with van der Waals surface area (Å²) in [6.07, 6.45) is 10.3. The molecule has 0 saturated carbocycles. The number of nitrogens with zero attached hydrogens (tertiary/aromatic N) is 6. The molecule has 4 aromatic rings. The maximum absolute atomic E-state index is 12.9. The van der Waals surface area contributed by atoms with E-state index in [1.165, 1.54) is 4.68 Å². The van der Waals surface area contributed by atoms with Crippen LogP contribution in [0.15, 0.2) is 65.5 Å². The van der Waals surface area contributed by atoms with Gasteiger partial charge in [0.25, 0.3) is 0 Å². The summed E-state index contributed by atoms with van der Waals surface area (Å²) < 4.78 is 3.16. The number of terminal acetylenes is 1. The number of benzene rings is 2. The van der Waals surface area contributed by atoms with Crippen LogP contribution in [0.3, 0.4) is 0 Å². The fraction of sp³-hybridized carbons (Fsp3) is 0.208. The van der Waals surface area contributed by atoms with E-state index in [0.717, 1.165) is 28.1 Å². The first-order chi connectivity index (χ1) is 15.7. The van der Waals surface area contributed by atoms with Gasteiger partial charge >= 0.3 is 5.69 Å². The van der Waals surface area contributed by atoms with Crippen LogP contribution >= 0.6 is 0 Å². The van der Waals surface area contributed by atoms with Crippen LogP contribution in [0.25, 0.3) is 22.5 Å². The van der Waals surface area contributed by atoms with E-state index in [0.29, 0.717) is 31.8 Å². The van der Waals surface area contributed by atoms with Crippen molar-refractivity contribution in [3.8, 4) is 34.9 Å². The molecule has 0 aliphatic heterocycles. The highest BCUT2D eigenvalue weighted by atomic mass is 16.2. The highest BCUT2D eigenvalue weighted by Crippen LogP contribution is 2.29. The van der Waals surface area contributed by atoms with Gasteiger partial charge in [-0.1, -0.05) is 60.7 Å². The molecule has 0 fully saturated rings. The normalized spacial score (nSPS) is 11.1. The highest BCUT2D eigenvalue weighted by Gasteiger charge is 2.14. The predicted molar refractivity (Wildman–Crippen MR) is 123 cm³/mol. The van der Waals surface area contributed by atoms with E-state index in [9.17, 15) is 4.79 Å². The Hall–Kier alpha value is -4.25. The van der Waals surface area contributed by atoms with Crippen LogP contribution < -0.4 is 5.69 Å². The van der Waals surface area contributed by atoms with Crippen LogP contribution in [-0.2, 0) is 19.5 Å². The molecule has 0 aliphatic carbocycles. The molecule has 2 heterocycles. The summed E-state index contributed by atoms with van der Waals surface area (Å²) in [4.78, 5) is 12.9. The van der Waals surface area contributed by atoms with Gasteiger partial charge in [0.05, 0.1) is 13.1 Å². The van der Waals surface area contributed by atoms with E-state index in [2.05, 4.69) is 31.6 Å². The number of aryl methyl sites for hydroxylation is 1. The van der Waals surface area contributed by atoms with Gasteiger partial charge in [-0.15, -0.1) is 17.4 Å². The Morgan fingerprint density at radius 1 is 1.12 bits per heavy atom. The smallest absolute Gasteiger partial charge is 0.274 e. The molecular weight excluding hydrogens is 402 g/mol. The number of aromatic nitrogens is 7. The number of allylic oxidation sites excluding steroid dienone is 2. The van der Waals surface area contributed by atoms with Gasteiger partial charge in [-0.25, -0.2) is 14.6 Å². The third kappa shape index (κ3) is 4.42. The summed E-state index contributed by atoms with van der Waals surface area (Å²) in [5, 5.41) is 18.7. The molecule has 4 rings (SSSR count). The van der Waals surface area contributed by atoms with E-state index in [1.807, 2.05) is 67.6 Å². The topological polar surface area (TPSA) is 94.3 Å². The third-order valence-corrected chi connectivity index (χ3v) is 5.14. The summed E-state index contributed by atoms with van der Waals surface area (Å²) in [6.45, 7) is 2.80. The van der Waals surface area contributed by atoms with Crippen molar-refractivity contribution >= 4 is 0 Å². The van der Waals surface area contributed by atoms with Gasteiger partial charge < -0.3 is 0 Å². The van der Waals surface area contributed by atoms with Gasteiger partial charge in [0.1, 0.15) is 5.82 Å². The molecule has 0 spiro atoms. The Morgan fingerprint density at radius 2 is 1.91 bits per heavy atom. The standard InChI is InChI=1S/C24H23N7O/c1-3-5-11-22-27-31(16-6-4-2)24(32)30(22)17-18-12-14-19(15-13-18)20-9-7-8-10-21(20)23-25-28-29-26-23/h2-3,5,7-10,12-15H,6,11,16-17H2,1H3,(H,25,26,28,29). The largest absolute Gasteiger partial charge is 0.346 e. The highest BCUT2D eigenvalue weighted by molar-refractivity contribution is 5.80. The number of aromatic amines is 1. The molecular formula is C24H23N7O. The Morgan fingerprint density at radius 3 is 2.59 bits per heavy atom. The second-order valence-corrected chi connectivity index (χ2v) is 7.23. The van der Waals surface area contributed by atoms with Gasteiger partial charge in [0, 0.05) is 18.4 Å². The van der Waals surface area contributed by atoms with Crippen LogP contribution in [0.1, 0.15) is 24.7 Å². The molecule has 8 heteroatoms. The minimum absolute atomic E-state index is 0.146. The number of hydrogen-bond donors (Lipinski definition) is 1. The monoisotopic (exact) mass is 425 g/mol. The molecule has 0 atom stereocenters. The molecule has 2 aromatic heterocycles. The number of hydrogen-bond acceptors (Lipinski definition) is 5. The maximum atomic E-state index is 12.9. The SMILES string of the molecule is C#CCCn1nc(CC=CC)n(Cc2ccc(-c3ccccc3-c3nnn[nH]3)cc2)c1=O. The van der Waals surface area contributed by atoms with Crippen molar-refractivity contribution in [2.24, 2.45) is 0 Å². The molecule has 0 aliphatic rings. The van der Waals surface area contributed by atoms with E-state index < -0.39 is 0 Å². The van der Waals surface area contributed by atoms with Gasteiger partial charge in [-0.05, 0) is 34.0 Å². The van der Waals surface area contributed by atoms with Crippen molar-refractivity contribution in [2.45, 2.75) is 32.9 Å². The predicted octanol–water partition coefficient (Wildman–Crippen LogP) is 3.08. The fourth-order valence-corrected chi connectivity index (χ4v) is 3.52. The first-order valence-electron chi connectivity index (χ1n) is 10.3. The lowest BCUT2D eigenvalue weighted by molar-refractivity contribution is 0.592. The van der Waals surface area contributed by atoms with Crippen LogP contribution in [0, 0.1) is 12.3 Å². The van der Waals surface area contributed by atoms with Crippen molar-refractivity contribution in [3.05, 3.63) is 82.6 Å². The lowest BCUT2D eigenvalue weighted by atomic mass is 9.98. The summed E-state index contributed by atoms with van der Waals surface area (Å²) in [5.74, 6) is 3.90. The molecule has 8 nitrogen and oxygen atoms in total. The van der Waals surface area contributed by atoms with E-state index in [4.69, 9.17) is 6.42 Å². The zero-order chi connectivity index (χ0) is 22.3. The van der Waals surface area contributed by atoms with Crippen molar-refractivity contribution in [3.63, 3.8) is 0 Å². The number of rotatable bonds is 8. The van der Waals surface area contributed by atoms with Crippen LogP contribution in [0.5, 0.6) is 0 Å². The lowest BCUT2D eigenvalue weighted by Crippen LogP contribution is -2.26. The second-order valence-electron chi connectivity index (χ2n) is 7.23. The molecule has 0 radical (unpaired) electrons. The van der Waals surface area contributed by atoms with Crippen molar-refractivity contribution in [1.29, 1.82) is 0 Å². The average Bonchev–Trinajstić information content (AvgIpc) is 3.46. The quantitative estimate of drug-likeness (QED) is 0.346. The number of tetrazole rings is 1. The number of nitrogens with one attached hydrogen (secondary N) is 1. The van der Waals surface area contributed by atoms with Crippen LogP contribution in [0.2, 0.25) is 0 Å². The Bertz CT molecular complexity index is 1310. The van der Waals surface area contributed by atoms with E-state index in [-0.39, 0.29) is 5.69 Å². The van der Waals surface area contributed by atoms with Gasteiger partial charge in [-0.2, -0.15) is 5.10 Å². The molecule has 0 unspecified atom stereocenters. The Kier molecular flexibility index (Phi) is 6.37. The first-order valence-corrected chi connectivity index (χ1v) is 10.3. The maximum Gasteiger partial charge on any atom is 0.346 e. The Balaban J connectivity index is 1.62. The molecule has 32 heavy (non-hydrogen) atoms. The van der Waals surface area contributed by atoms with Gasteiger partial charge in [-0.3, -0.25) is 4.57 Å². The third-order valence-electron chi connectivity index (χ3n) is 5.14. The molecule has 160 valence electrons. The number of H-pyrrole nitrogens is 1. The van der Waals surface area contributed by atoms with E-state index in [1.54, 1.807) is 4.57 Å². The molecule has 0 amide bonds. The van der Waals surface area contributed by atoms with Crippen molar-refractivity contribution < 1.29 is 0 Å².